The van der Waals surface area contributed by atoms with E-state index >= 15 is 0 Å². The molecular formula is C16H24N2O. The number of aliphatic hydroxyl groups excluding tert-OH is 1. The van der Waals surface area contributed by atoms with Crippen LogP contribution in [0.3, 0.4) is 0 Å². The molecule has 1 aliphatic heterocycles. The van der Waals surface area contributed by atoms with Gasteiger partial charge in [-0.05, 0) is 12.0 Å². The lowest BCUT2D eigenvalue weighted by molar-refractivity contribution is 0.133. The third-order valence-electron chi connectivity index (χ3n) is 3.57. The molecule has 3 nitrogen and oxygen atoms in total. The second kappa shape index (κ2) is 8.10. The third-order valence-corrected chi connectivity index (χ3v) is 3.57. The van der Waals surface area contributed by atoms with Gasteiger partial charge in [0.05, 0.1) is 0 Å². The molecule has 1 heterocycles. The summed E-state index contributed by atoms with van der Waals surface area (Å²) in [6, 6.07) is 10.4. The molecule has 0 aliphatic carbocycles. The quantitative estimate of drug-likeness (QED) is 0.843. The molecule has 19 heavy (non-hydrogen) atoms. The maximum absolute atomic E-state index is 8.83. The first-order valence-corrected chi connectivity index (χ1v) is 7.15. The van der Waals surface area contributed by atoms with Crippen molar-refractivity contribution in [3.8, 4) is 0 Å². The molecule has 0 spiro atoms. The molecule has 2 rings (SSSR count). The van der Waals surface area contributed by atoms with Crippen LogP contribution in [0.5, 0.6) is 0 Å². The Morgan fingerprint density at radius 2 is 1.68 bits per heavy atom. The number of aliphatic hydroxyl groups is 1. The average molecular weight is 260 g/mol. The highest BCUT2D eigenvalue weighted by atomic mass is 16.3. The van der Waals surface area contributed by atoms with Crippen LogP contribution >= 0.6 is 0 Å². The fraction of sp³-hybridized carbons (Fsp3) is 0.500. The predicted octanol–water partition coefficient (Wildman–Crippen LogP) is 1.70. The van der Waals surface area contributed by atoms with Crippen LogP contribution in [0.2, 0.25) is 0 Å². The van der Waals surface area contributed by atoms with E-state index in [0.717, 1.165) is 45.7 Å². The lowest BCUT2D eigenvalue weighted by Crippen LogP contribution is -2.46. The Labute approximate surface area is 116 Å². The minimum absolute atomic E-state index is 0.306. The fourth-order valence-electron chi connectivity index (χ4n) is 2.39. The number of nitrogens with zero attached hydrogens (tertiary/aromatic N) is 2. The number of rotatable bonds is 6. The molecule has 0 amide bonds. The lowest BCUT2D eigenvalue weighted by atomic mass is 10.2. The van der Waals surface area contributed by atoms with Gasteiger partial charge in [0, 0.05) is 45.9 Å². The molecule has 0 atom stereocenters. The molecule has 1 aromatic carbocycles. The number of hydrogen-bond donors (Lipinski definition) is 1. The van der Waals surface area contributed by atoms with E-state index in [1.165, 1.54) is 5.56 Å². The second-order valence-corrected chi connectivity index (χ2v) is 5.03. The molecule has 0 bridgehead atoms. The Morgan fingerprint density at radius 1 is 1.00 bits per heavy atom. The Bertz CT molecular complexity index is 370. The van der Waals surface area contributed by atoms with Crippen LogP contribution in [0.4, 0.5) is 0 Å². The van der Waals surface area contributed by atoms with Crippen molar-refractivity contribution in [1.29, 1.82) is 0 Å². The summed E-state index contributed by atoms with van der Waals surface area (Å²) in [5.41, 5.74) is 1.27. The van der Waals surface area contributed by atoms with Gasteiger partial charge in [0.1, 0.15) is 0 Å². The predicted molar refractivity (Wildman–Crippen MR) is 80.1 cm³/mol. The summed E-state index contributed by atoms with van der Waals surface area (Å²) in [6.07, 6.45) is 5.34. The molecule has 1 saturated heterocycles. The van der Waals surface area contributed by atoms with Gasteiger partial charge in [0.25, 0.3) is 0 Å². The average Bonchev–Trinajstić information content (AvgIpc) is 2.47. The van der Waals surface area contributed by atoms with Gasteiger partial charge < -0.3 is 10.0 Å². The number of piperazine rings is 1. The van der Waals surface area contributed by atoms with E-state index < -0.39 is 0 Å². The zero-order valence-electron chi connectivity index (χ0n) is 11.5. The fourth-order valence-corrected chi connectivity index (χ4v) is 2.39. The van der Waals surface area contributed by atoms with E-state index in [2.05, 4.69) is 46.2 Å². The Kier molecular flexibility index (Phi) is 6.08. The second-order valence-electron chi connectivity index (χ2n) is 5.03. The van der Waals surface area contributed by atoms with Crippen molar-refractivity contribution in [2.24, 2.45) is 0 Å². The molecule has 1 N–H and O–H groups in total. The van der Waals surface area contributed by atoms with Gasteiger partial charge in [-0.1, -0.05) is 42.5 Å². The van der Waals surface area contributed by atoms with Crippen molar-refractivity contribution in [2.75, 3.05) is 45.9 Å². The molecule has 0 saturated carbocycles. The normalized spacial score (nSPS) is 18.2. The van der Waals surface area contributed by atoms with Crippen LogP contribution in [0.15, 0.2) is 36.4 Å². The van der Waals surface area contributed by atoms with Crippen LogP contribution in [0.1, 0.15) is 12.0 Å². The van der Waals surface area contributed by atoms with Crippen molar-refractivity contribution in [1.82, 2.24) is 9.80 Å². The summed E-state index contributed by atoms with van der Waals surface area (Å²) in [5, 5.41) is 8.83. The zero-order chi connectivity index (χ0) is 13.3. The van der Waals surface area contributed by atoms with Crippen molar-refractivity contribution >= 4 is 6.08 Å². The summed E-state index contributed by atoms with van der Waals surface area (Å²) >= 11 is 0. The van der Waals surface area contributed by atoms with Crippen molar-refractivity contribution in [2.45, 2.75) is 6.42 Å². The van der Waals surface area contributed by atoms with Crippen LogP contribution in [0, 0.1) is 0 Å². The highest BCUT2D eigenvalue weighted by Crippen LogP contribution is 2.04. The van der Waals surface area contributed by atoms with Gasteiger partial charge in [-0.3, -0.25) is 4.90 Å². The first-order valence-electron chi connectivity index (χ1n) is 7.15. The molecule has 0 radical (unpaired) electrons. The van der Waals surface area contributed by atoms with Crippen LogP contribution < -0.4 is 0 Å². The molecular weight excluding hydrogens is 236 g/mol. The van der Waals surface area contributed by atoms with E-state index in [-0.39, 0.29) is 0 Å². The van der Waals surface area contributed by atoms with Gasteiger partial charge in [-0.15, -0.1) is 0 Å². The van der Waals surface area contributed by atoms with Gasteiger partial charge in [0.2, 0.25) is 0 Å². The summed E-state index contributed by atoms with van der Waals surface area (Å²) in [5.74, 6) is 0. The topological polar surface area (TPSA) is 26.7 Å². The summed E-state index contributed by atoms with van der Waals surface area (Å²) < 4.78 is 0. The highest BCUT2D eigenvalue weighted by Gasteiger charge is 2.14. The van der Waals surface area contributed by atoms with Crippen LogP contribution in [-0.4, -0.2) is 60.8 Å². The first-order chi connectivity index (χ1) is 9.38. The van der Waals surface area contributed by atoms with E-state index in [9.17, 15) is 0 Å². The molecule has 104 valence electrons. The van der Waals surface area contributed by atoms with Crippen molar-refractivity contribution in [3.63, 3.8) is 0 Å². The van der Waals surface area contributed by atoms with E-state index in [0.29, 0.717) is 6.61 Å². The highest BCUT2D eigenvalue weighted by molar-refractivity contribution is 5.48. The maximum atomic E-state index is 8.83. The van der Waals surface area contributed by atoms with E-state index in [1.807, 2.05) is 6.07 Å². The lowest BCUT2D eigenvalue weighted by Gasteiger charge is -2.33. The van der Waals surface area contributed by atoms with Crippen LogP contribution in [0.25, 0.3) is 6.08 Å². The smallest absolute Gasteiger partial charge is 0.0443 e. The number of benzene rings is 1. The number of hydrogen-bond acceptors (Lipinski definition) is 3. The Balaban J connectivity index is 1.67. The molecule has 3 heteroatoms. The summed E-state index contributed by atoms with van der Waals surface area (Å²) in [6.45, 7) is 6.88. The minimum atomic E-state index is 0.306. The maximum Gasteiger partial charge on any atom is 0.0443 e. The summed E-state index contributed by atoms with van der Waals surface area (Å²) in [4.78, 5) is 4.92. The molecule has 1 fully saturated rings. The van der Waals surface area contributed by atoms with E-state index in [4.69, 9.17) is 5.11 Å². The van der Waals surface area contributed by atoms with Crippen molar-refractivity contribution < 1.29 is 5.11 Å². The Morgan fingerprint density at radius 3 is 2.37 bits per heavy atom. The van der Waals surface area contributed by atoms with Gasteiger partial charge in [-0.25, -0.2) is 0 Å². The van der Waals surface area contributed by atoms with Gasteiger partial charge in [-0.2, -0.15) is 0 Å². The Hall–Kier alpha value is -1.16. The van der Waals surface area contributed by atoms with Gasteiger partial charge in [0.15, 0.2) is 0 Å². The first kappa shape index (κ1) is 14.3. The molecule has 1 aliphatic rings. The monoisotopic (exact) mass is 260 g/mol. The van der Waals surface area contributed by atoms with Crippen molar-refractivity contribution in [3.05, 3.63) is 42.0 Å². The molecule has 0 unspecified atom stereocenters. The van der Waals surface area contributed by atoms with E-state index in [1.54, 1.807) is 0 Å². The summed E-state index contributed by atoms with van der Waals surface area (Å²) in [7, 11) is 0. The van der Waals surface area contributed by atoms with Crippen LogP contribution in [-0.2, 0) is 0 Å². The third kappa shape index (κ3) is 5.15. The molecule has 0 aromatic heterocycles. The largest absolute Gasteiger partial charge is 0.396 e. The van der Waals surface area contributed by atoms with Gasteiger partial charge >= 0.3 is 0 Å². The standard InChI is InChI=1S/C16H24N2O/c19-15-5-10-18-13-11-17(12-14-18)9-4-8-16-6-2-1-3-7-16/h1-4,6-8,19H,5,9-15H2/b8-4+. The minimum Gasteiger partial charge on any atom is -0.396 e. The SMILES string of the molecule is OCCCN1CCN(C/C=C/c2ccccc2)CC1. The molecule has 1 aromatic rings. The zero-order valence-corrected chi connectivity index (χ0v) is 11.5.